The van der Waals surface area contributed by atoms with E-state index >= 15 is 0 Å². The van der Waals surface area contributed by atoms with Gasteiger partial charge in [0.25, 0.3) is 0 Å². The zero-order valence-electron chi connectivity index (χ0n) is 11.7. The number of carbonyl (C=O) groups is 3. The molecular formula is C13H16N2O5S. The molecule has 0 aromatic rings. The maximum absolute atomic E-state index is 12.2. The van der Waals surface area contributed by atoms with Crippen LogP contribution in [0.1, 0.15) is 6.92 Å². The zero-order chi connectivity index (χ0) is 15.6. The van der Waals surface area contributed by atoms with Gasteiger partial charge in [-0.3, -0.25) is 9.69 Å². The molecule has 1 N–H and O–H groups in total. The van der Waals surface area contributed by atoms with Gasteiger partial charge in [-0.05, 0) is 6.92 Å². The molecular weight excluding hydrogens is 296 g/mol. The van der Waals surface area contributed by atoms with Gasteiger partial charge in [0.1, 0.15) is 29.7 Å². The maximum Gasteiger partial charge on any atom is 0.407 e. The van der Waals surface area contributed by atoms with Crippen LogP contribution in [0.15, 0.2) is 23.8 Å². The molecule has 1 fully saturated rings. The number of nitrogens with one attached hydrogen (secondary N) is 1. The number of nitrogens with zero attached hydrogens (tertiary/aromatic N) is 1. The first-order valence-electron chi connectivity index (χ1n) is 6.36. The first kappa shape index (κ1) is 15.4. The molecule has 0 aliphatic carbocycles. The molecule has 0 bridgehead atoms. The summed E-state index contributed by atoms with van der Waals surface area (Å²) in [6, 6.07) is 0. The fourth-order valence-corrected chi connectivity index (χ4v) is 3.49. The first-order chi connectivity index (χ1) is 10.0. The SMILES string of the molecule is C=CCOC(=O)C1=CS[C@H]2[C@@H](C(C)OC(=O)NC)C(=O)N12. The summed E-state index contributed by atoms with van der Waals surface area (Å²) in [5.41, 5.74) is 0.222. The Bertz CT molecular complexity index is 519. The predicted molar refractivity (Wildman–Crippen MR) is 76.0 cm³/mol. The van der Waals surface area contributed by atoms with E-state index in [1.54, 1.807) is 12.3 Å². The summed E-state index contributed by atoms with van der Waals surface area (Å²) < 4.78 is 10.0. The molecule has 1 saturated heterocycles. The summed E-state index contributed by atoms with van der Waals surface area (Å²) in [5.74, 6) is -1.27. The fraction of sp³-hybridized carbons (Fsp3) is 0.462. The van der Waals surface area contributed by atoms with Crippen molar-refractivity contribution in [3.05, 3.63) is 23.8 Å². The minimum absolute atomic E-state index is 0.0904. The standard InChI is InChI=1S/C13H16N2O5S/c1-4-5-19-12(17)8-6-21-11-9(10(16)15(8)11)7(2)20-13(18)14-3/h4,6-7,9,11H,1,5H2,2-3H3,(H,14,18)/t7?,9-,11-/m0/s1. The monoisotopic (exact) mass is 312 g/mol. The molecule has 2 rings (SSSR count). The predicted octanol–water partition coefficient (Wildman–Crippen LogP) is 0.833. The van der Waals surface area contributed by atoms with Crippen molar-refractivity contribution >= 4 is 29.7 Å². The number of ether oxygens (including phenoxy) is 2. The number of rotatable bonds is 5. The molecule has 114 valence electrons. The van der Waals surface area contributed by atoms with Crippen LogP contribution in [0, 0.1) is 5.92 Å². The summed E-state index contributed by atoms with van der Waals surface area (Å²) in [6.45, 7) is 5.20. The number of hydrogen-bond acceptors (Lipinski definition) is 6. The van der Waals surface area contributed by atoms with Crippen molar-refractivity contribution in [2.75, 3.05) is 13.7 Å². The van der Waals surface area contributed by atoms with Gasteiger partial charge in [0.05, 0.1) is 0 Å². The third-order valence-electron chi connectivity index (χ3n) is 3.21. The van der Waals surface area contributed by atoms with Crippen molar-refractivity contribution in [1.29, 1.82) is 0 Å². The van der Waals surface area contributed by atoms with Gasteiger partial charge < -0.3 is 14.8 Å². The second-order valence-electron chi connectivity index (χ2n) is 4.51. The molecule has 3 atom stereocenters. The molecule has 8 heteroatoms. The molecule has 2 heterocycles. The molecule has 2 aliphatic rings. The van der Waals surface area contributed by atoms with E-state index in [0.29, 0.717) is 0 Å². The van der Waals surface area contributed by atoms with Gasteiger partial charge in [-0.1, -0.05) is 12.7 Å². The molecule has 0 radical (unpaired) electrons. The van der Waals surface area contributed by atoms with Gasteiger partial charge in [-0.15, -0.1) is 11.8 Å². The lowest BCUT2D eigenvalue weighted by Gasteiger charge is -2.44. The van der Waals surface area contributed by atoms with Crippen LogP contribution in [0.25, 0.3) is 0 Å². The lowest BCUT2D eigenvalue weighted by molar-refractivity contribution is -0.157. The molecule has 0 saturated carbocycles. The number of thioether (sulfide) groups is 1. The van der Waals surface area contributed by atoms with Gasteiger partial charge in [-0.2, -0.15) is 0 Å². The summed E-state index contributed by atoms with van der Waals surface area (Å²) in [6.07, 6.45) is 0.302. The molecule has 1 unspecified atom stereocenters. The van der Waals surface area contributed by atoms with Crippen molar-refractivity contribution in [3.8, 4) is 0 Å². The van der Waals surface area contributed by atoms with E-state index in [4.69, 9.17) is 9.47 Å². The Morgan fingerprint density at radius 2 is 2.33 bits per heavy atom. The van der Waals surface area contributed by atoms with E-state index in [1.807, 2.05) is 0 Å². The normalized spacial score (nSPS) is 24.4. The van der Waals surface area contributed by atoms with E-state index in [-0.39, 0.29) is 23.6 Å². The minimum Gasteiger partial charge on any atom is -0.457 e. The van der Waals surface area contributed by atoms with E-state index < -0.39 is 24.1 Å². The number of carbonyl (C=O) groups excluding carboxylic acids is 3. The Morgan fingerprint density at radius 1 is 1.62 bits per heavy atom. The average Bonchev–Trinajstić information content (AvgIpc) is 2.83. The van der Waals surface area contributed by atoms with Crippen molar-refractivity contribution < 1.29 is 23.9 Å². The number of fused-ring (bicyclic) bond motifs is 1. The van der Waals surface area contributed by atoms with Crippen molar-refractivity contribution in [3.63, 3.8) is 0 Å². The Labute approximate surface area is 126 Å². The van der Waals surface area contributed by atoms with E-state index in [9.17, 15) is 14.4 Å². The molecule has 0 aromatic heterocycles. The van der Waals surface area contributed by atoms with Crippen LogP contribution in [0.2, 0.25) is 0 Å². The van der Waals surface area contributed by atoms with E-state index in [0.717, 1.165) is 0 Å². The highest BCUT2D eigenvalue weighted by Crippen LogP contribution is 2.46. The van der Waals surface area contributed by atoms with Gasteiger partial charge in [-0.25, -0.2) is 9.59 Å². The highest BCUT2D eigenvalue weighted by molar-refractivity contribution is 8.03. The number of β-lactam (4-membered cyclic amide) rings is 1. The quantitative estimate of drug-likeness (QED) is 0.460. The van der Waals surface area contributed by atoms with Gasteiger partial charge >= 0.3 is 12.1 Å². The molecule has 21 heavy (non-hydrogen) atoms. The number of alkyl carbamates (subject to hydrolysis) is 1. The zero-order valence-corrected chi connectivity index (χ0v) is 12.5. The summed E-state index contributed by atoms with van der Waals surface area (Å²) in [5, 5.41) is 3.70. The molecule has 0 aromatic carbocycles. The molecule has 0 spiro atoms. The second kappa shape index (κ2) is 6.21. The van der Waals surface area contributed by atoms with Crippen LogP contribution < -0.4 is 5.32 Å². The van der Waals surface area contributed by atoms with Crippen LogP contribution in [0.4, 0.5) is 4.79 Å². The number of hydrogen-bond donors (Lipinski definition) is 1. The summed E-state index contributed by atoms with van der Waals surface area (Å²) >= 11 is 1.34. The average molecular weight is 312 g/mol. The van der Waals surface area contributed by atoms with Crippen LogP contribution in [-0.2, 0) is 19.1 Å². The minimum atomic E-state index is -0.588. The third kappa shape index (κ3) is 2.76. The Hall–Kier alpha value is -1.96. The Balaban J connectivity index is 1.98. The lowest BCUT2D eigenvalue weighted by atomic mass is 9.92. The van der Waals surface area contributed by atoms with Crippen molar-refractivity contribution in [1.82, 2.24) is 10.2 Å². The summed E-state index contributed by atoms with van der Waals surface area (Å²) in [4.78, 5) is 36.5. The first-order valence-corrected chi connectivity index (χ1v) is 7.30. The molecule has 2 aliphatic heterocycles. The van der Waals surface area contributed by atoms with Crippen molar-refractivity contribution in [2.24, 2.45) is 5.92 Å². The Kier molecular flexibility index (Phi) is 4.56. The second-order valence-corrected chi connectivity index (χ2v) is 5.50. The van der Waals surface area contributed by atoms with Crippen LogP contribution >= 0.6 is 11.8 Å². The number of amides is 2. The number of esters is 1. The van der Waals surface area contributed by atoms with Gasteiger partial charge in [0.2, 0.25) is 5.91 Å². The van der Waals surface area contributed by atoms with Crippen LogP contribution in [-0.4, -0.2) is 48.0 Å². The van der Waals surface area contributed by atoms with E-state index in [1.165, 1.54) is 29.8 Å². The van der Waals surface area contributed by atoms with Crippen molar-refractivity contribution in [2.45, 2.75) is 18.4 Å². The topological polar surface area (TPSA) is 84.9 Å². The fourth-order valence-electron chi connectivity index (χ4n) is 2.17. The Morgan fingerprint density at radius 3 is 2.95 bits per heavy atom. The van der Waals surface area contributed by atoms with Gasteiger partial charge in [0.15, 0.2) is 0 Å². The highest BCUT2D eigenvalue weighted by Gasteiger charge is 2.56. The van der Waals surface area contributed by atoms with Crippen LogP contribution in [0.3, 0.4) is 0 Å². The largest absolute Gasteiger partial charge is 0.457 e. The van der Waals surface area contributed by atoms with Gasteiger partial charge in [0, 0.05) is 12.5 Å². The lowest BCUT2D eigenvalue weighted by Crippen LogP contribution is -2.61. The smallest absolute Gasteiger partial charge is 0.407 e. The van der Waals surface area contributed by atoms with E-state index in [2.05, 4.69) is 11.9 Å². The summed E-state index contributed by atoms with van der Waals surface area (Å²) in [7, 11) is 1.45. The third-order valence-corrected chi connectivity index (χ3v) is 4.35. The molecule has 7 nitrogen and oxygen atoms in total. The molecule has 2 amide bonds. The highest BCUT2D eigenvalue weighted by atomic mass is 32.2. The maximum atomic E-state index is 12.2. The van der Waals surface area contributed by atoms with Crippen LogP contribution in [0.5, 0.6) is 0 Å².